The molecule has 0 aromatic carbocycles. The van der Waals surface area contributed by atoms with Crippen molar-refractivity contribution >= 4 is 5.91 Å². The summed E-state index contributed by atoms with van der Waals surface area (Å²) in [5, 5.41) is 13.7. The van der Waals surface area contributed by atoms with E-state index < -0.39 is 11.0 Å². The Balaban J connectivity index is 1.51. The van der Waals surface area contributed by atoms with Crippen LogP contribution in [0.5, 0.6) is 0 Å². The number of amides is 1. The van der Waals surface area contributed by atoms with Gasteiger partial charge < -0.3 is 10.4 Å². The number of aryl methyl sites for hydroxylation is 1. The number of nitrogens with zero attached hydrogens (tertiary/aromatic N) is 1. The van der Waals surface area contributed by atoms with E-state index in [1.54, 1.807) is 0 Å². The Morgan fingerprint density at radius 2 is 2.04 bits per heavy atom. The summed E-state index contributed by atoms with van der Waals surface area (Å²) < 4.78 is 0. The van der Waals surface area contributed by atoms with E-state index in [2.05, 4.69) is 16.4 Å². The molecular formula is C19H24N2O2. The van der Waals surface area contributed by atoms with Gasteiger partial charge >= 0.3 is 0 Å². The first-order valence-electron chi connectivity index (χ1n) is 8.48. The minimum absolute atomic E-state index is 0.0284. The van der Waals surface area contributed by atoms with Crippen molar-refractivity contribution in [1.82, 2.24) is 10.3 Å². The second kappa shape index (κ2) is 4.67. The van der Waals surface area contributed by atoms with Gasteiger partial charge in [-0.1, -0.05) is 17.7 Å². The lowest BCUT2D eigenvalue weighted by Gasteiger charge is -2.60. The van der Waals surface area contributed by atoms with Crippen molar-refractivity contribution in [2.24, 2.45) is 11.8 Å². The molecule has 4 atom stereocenters. The molecule has 0 spiro atoms. The molecule has 0 radical (unpaired) electrons. The van der Waals surface area contributed by atoms with Crippen LogP contribution in [-0.2, 0) is 10.2 Å². The van der Waals surface area contributed by atoms with Crippen LogP contribution in [0.4, 0.5) is 0 Å². The standard InChI is InChI=1S/C19H24N2O2/c1-11-5-4-6-15(20-11)18(2,3)17(22)21-16-13-9-19(23)8-7-12(13)14(16)10-19/h4-7,13-14,16,23H,8-10H2,1-3H3,(H,21,22)/t13-,14+,16-,19-. The van der Waals surface area contributed by atoms with Gasteiger partial charge in [0, 0.05) is 23.6 Å². The Morgan fingerprint density at radius 3 is 2.65 bits per heavy atom. The van der Waals surface area contributed by atoms with E-state index in [1.807, 2.05) is 39.0 Å². The van der Waals surface area contributed by atoms with E-state index in [1.165, 1.54) is 5.57 Å². The van der Waals surface area contributed by atoms with E-state index in [0.29, 0.717) is 11.8 Å². The Kier molecular flexibility index (Phi) is 3.02. The van der Waals surface area contributed by atoms with Gasteiger partial charge in [0.2, 0.25) is 5.91 Å². The molecule has 1 aromatic rings. The predicted octanol–water partition coefficient (Wildman–Crippen LogP) is 2.25. The van der Waals surface area contributed by atoms with Crippen molar-refractivity contribution in [1.29, 1.82) is 0 Å². The van der Waals surface area contributed by atoms with Crippen molar-refractivity contribution in [2.45, 2.75) is 57.1 Å². The summed E-state index contributed by atoms with van der Waals surface area (Å²) in [5.74, 6) is 0.691. The van der Waals surface area contributed by atoms with E-state index in [0.717, 1.165) is 30.7 Å². The third-order valence-corrected chi connectivity index (χ3v) is 6.03. The monoisotopic (exact) mass is 312 g/mol. The van der Waals surface area contributed by atoms with Gasteiger partial charge in [0.05, 0.1) is 16.7 Å². The molecule has 5 aliphatic carbocycles. The van der Waals surface area contributed by atoms with Crippen LogP contribution in [0.1, 0.15) is 44.5 Å². The van der Waals surface area contributed by atoms with Gasteiger partial charge in [-0.2, -0.15) is 0 Å². The number of aromatic nitrogens is 1. The number of aliphatic hydroxyl groups is 1. The molecule has 3 fully saturated rings. The van der Waals surface area contributed by atoms with Crippen LogP contribution < -0.4 is 5.32 Å². The highest BCUT2D eigenvalue weighted by Crippen LogP contribution is 2.58. The van der Waals surface area contributed by atoms with Crippen molar-refractivity contribution in [3.05, 3.63) is 41.2 Å². The molecule has 0 unspecified atom stereocenters. The van der Waals surface area contributed by atoms with Crippen molar-refractivity contribution < 1.29 is 9.90 Å². The SMILES string of the molecule is Cc1cccc(C(C)(C)C(=O)N[C@@H]2[C@@H]3C[C@]4(O)CC=C3[C@@H]2C4)n1. The maximum atomic E-state index is 12.9. The first kappa shape index (κ1) is 14.9. The van der Waals surface area contributed by atoms with Crippen LogP contribution in [0.15, 0.2) is 29.8 Å². The van der Waals surface area contributed by atoms with Gasteiger partial charge in [-0.05, 0) is 52.2 Å². The third-order valence-electron chi connectivity index (χ3n) is 6.03. The summed E-state index contributed by atoms with van der Waals surface area (Å²) in [6, 6.07) is 5.99. The second-order valence-electron chi connectivity index (χ2n) is 8.04. The Bertz CT molecular complexity index is 691. The zero-order valence-electron chi connectivity index (χ0n) is 14.0. The minimum Gasteiger partial charge on any atom is -0.390 e. The number of fused-ring (bicyclic) bond motifs is 1. The molecule has 6 rings (SSSR count). The van der Waals surface area contributed by atoms with Crippen LogP contribution in [0.25, 0.3) is 0 Å². The normalized spacial score (nSPS) is 34.6. The zero-order chi connectivity index (χ0) is 16.4. The largest absolute Gasteiger partial charge is 0.390 e. The molecular weight excluding hydrogens is 288 g/mol. The van der Waals surface area contributed by atoms with Crippen LogP contribution in [-0.4, -0.2) is 27.6 Å². The predicted molar refractivity (Wildman–Crippen MR) is 87.8 cm³/mol. The zero-order valence-corrected chi connectivity index (χ0v) is 14.0. The van der Waals surface area contributed by atoms with Crippen LogP contribution in [0.3, 0.4) is 0 Å². The Hall–Kier alpha value is -1.68. The lowest BCUT2D eigenvalue weighted by molar-refractivity contribution is -0.132. The summed E-state index contributed by atoms with van der Waals surface area (Å²) in [6.07, 6.45) is 4.57. The molecule has 4 heteroatoms. The van der Waals surface area contributed by atoms with E-state index >= 15 is 0 Å². The molecule has 4 nitrogen and oxygen atoms in total. The summed E-state index contributed by atoms with van der Waals surface area (Å²) in [7, 11) is 0. The van der Waals surface area contributed by atoms with Crippen molar-refractivity contribution in [3.63, 3.8) is 0 Å². The topological polar surface area (TPSA) is 62.2 Å². The minimum atomic E-state index is -0.653. The maximum absolute atomic E-state index is 12.9. The number of carbonyl (C=O) groups is 1. The first-order valence-corrected chi connectivity index (χ1v) is 8.48. The molecule has 23 heavy (non-hydrogen) atoms. The number of rotatable bonds is 3. The van der Waals surface area contributed by atoms with Gasteiger partial charge in [0.1, 0.15) is 0 Å². The summed E-state index contributed by atoms with van der Waals surface area (Å²) in [6.45, 7) is 5.80. The fourth-order valence-corrected chi connectivity index (χ4v) is 4.56. The summed E-state index contributed by atoms with van der Waals surface area (Å²) in [5.41, 5.74) is 2.01. The maximum Gasteiger partial charge on any atom is 0.231 e. The van der Waals surface area contributed by atoms with Gasteiger partial charge in [-0.3, -0.25) is 9.78 Å². The smallest absolute Gasteiger partial charge is 0.231 e. The number of hydrogen-bond acceptors (Lipinski definition) is 3. The molecule has 1 heterocycles. The summed E-state index contributed by atoms with van der Waals surface area (Å²) in [4.78, 5) is 17.4. The highest BCUT2D eigenvalue weighted by molar-refractivity contribution is 5.87. The average molecular weight is 312 g/mol. The fourth-order valence-electron chi connectivity index (χ4n) is 4.56. The lowest BCUT2D eigenvalue weighted by atomic mass is 9.49. The molecule has 1 aromatic heterocycles. The summed E-state index contributed by atoms with van der Waals surface area (Å²) >= 11 is 0. The van der Waals surface area contributed by atoms with Gasteiger partial charge in [0.15, 0.2) is 0 Å². The van der Waals surface area contributed by atoms with Crippen LogP contribution in [0.2, 0.25) is 0 Å². The average Bonchev–Trinajstić information content (AvgIpc) is 2.51. The molecule has 0 saturated heterocycles. The van der Waals surface area contributed by atoms with Gasteiger partial charge in [-0.25, -0.2) is 0 Å². The highest BCUT2D eigenvalue weighted by atomic mass is 16.3. The third kappa shape index (κ3) is 2.15. The van der Waals surface area contributed by atoms with Crippen molar-refractivity contribution in [2.75, 3.05) is 0 Å². The van der Waals surface area contributed by atoms with Crippen LogP contribution >= 0.6 is 0 Å². The molecule has 0 aliphatic heterocycles. The number of nitrogens with one attached hydrogen (secondary N) is 1. The van der Waals surface area contributed by atoms with Gasteiger partial charge in [-0.15, -0.1) is 0 Å². The molecule has 3 saturated carbocycles. The quantitative estimate of drug-likeness (QED) is 0.842. The molecule has 2 N–H and O–H groups in total. The number of carbonyl (C=O) groups excluding carboxylic acids is 1. The van der Waals surface area contributed by atoms with Crippen molar-refractivity contribution in [3.8, 4) is 0 Å². The van der Waals surface area contributed by atoms with Gasteiger partial charge in [0.25, 0.3) is 0 Å². The fraction of sp³-hybridized carbons (Fsp3) is 0.579. The Labute approximate surface area is 137 Å². The molecule has 122 valence electrons. The van der Waals surface area contributed by atoms with Crippen LogP contribution in [0, 0.1) is 18.8 Å². The number of pyridine rings is 1. The Morgan fingerprint density at radius 1 is 1.35 bits per heavy atom. The molecule has 5 aliphatic rings. The highest BCUT2D eigenvalue weighted by Gasteiger charge is 2.59. The first-order chi connectivity index (χ1) is 10.8. The second-order valence-corrected chi connectivity index (χ2v) is 8.04. The van der Waals surface area contributed by atoms with E-state index in [9.17, 15) is 9.90 Å². The molecule has 4 bridgehead atoms. The molecule has 1 amide bonds. The lowest BCUT2D eigenvalue weighted by Crippen LogP contribution is -2.66. The number of hydrogen-bond donors (Lipinski definition) is 2. The van der Waals surface area contributed by atoms with E-state index in [4.69, 9.17) is 0 Å². The van der Waals surface area contributed by atoms with E-state index in [-0.39, 0.29) is 11.9 Å².